The molecule has 7 nitrogen and oxygen atoms in total. The molecule has 1 saturated carbocycles. The van der Waals surface area contributed by atoms with E-state index < -0.39 is 46.1 Å². The van der Waals surface area contributed by atoms with Crippen LogP contribution in [0.4, 0.5) is 0 Å². The first kappa shape index (κ1) is 21.9. The maximum atomic E-state index is 13.6. The fourth-order valence-electron chi connectivity index (χ4n) is 6.55. The van der Waals surface area contributed by atoms with E-state index in [1.807, 2.05) is 6.07 Å². The summed E-state index contributed by atoms with van der Waals surface area (Å²) < 4.78 is 0. The molecule has 7 heteroatoms. The minimum atomic E-state index is -2.44. The Labute approximate surface area is 191 Å². The topological polar surface area (TPSA) is 132 Å². The van der Waals surface area contributed by atoms with Crippen molar-refractivity contribution in [2.24, 2.45) is 11.8 Å². The first-order chi connectivity index (χ1) is 15.7. The summed E-state index contributed by atoms with van der Waals surface area (Å²) in [6.45, 7) is 1.11. The largest absolute Gasteiger partial charge is 0.511 e. The molecule has 4 N–H and O–H groups in total. The smallest absolute Gasteiger partial charge is 0.209 e. The summed E-state index contributed by atoms with van der Waals surface area (Å²) in [6.07, 6.45) is 5.91. The number of Topliss-reactive ketones (excluding diaryl/α,β-unsaturated/α-hetero) is 3. The summed E-state index contributed by atoms with van der Waals surface area (Å²) in [7, 11) is 0. The number of ketones is 3. The number of phenolic OH excluding ortho intramolecular Hbond substituents is 1. The normalized spacial score (nSPS) is 30.1. The van der Waals surface area contributed by atoms with Crippen LogP contribution in [0.15, 0.2) is 34.8 Å². The standard InChI is InChI=1S/C26H28O7/c1-12(27)20-19(29)11-15-9-14-10-17-16(13-5-3-2-4-6-13)7-8-18(28)22(17)23(30)21(14)25(32)26(15,33)24(20)31/h7-8,13-15,28-29,32-33H,2-6,9-11H2,1H3/t14-,15+,26-/m1/s1. The van der Waals surface area contributed by atoms with Gasteiger partial charge in [-0.1, -0.05) is 25.3 Å². The molecule has 4 aliphatic carbocycles. The van der Waals surface area contributed by atoms with E-state index in [2.05, 4.69) is 0 Å². The van der Waals surface area contributed by atoms with Crippen molar-refractivity contribution >= 4 is 17.3 Å². The lowest BCUT2D eigenvalue weighted by Crippen LogP contribution is -2.56. The summed E-state index contributed by atoms with van der Waals surface area (Å²) in [4.78, 5) is 38.6. The van der Waals surface area contributed by atoms with Crippen LogP contribution in [0.3, 0.4) is 0 Å². The molecule has 0 aromatic heterocycles. The summed E-state index contributed by atoms with van der Waals surface area (Å²) in [5.74, 6) is -4.70. The van der Waals surface area contributed by atoms with Gasteiger partial charge in [0.2, 0.25) is 5.78 Å². The number of rotatable bonds is 2. The summed E-state index contributed by atoms with van der Waals surface area (Å²) in [6, 6.07) is 3.41. The highest BCUT2D eigenvalue weighted by Crippen LogP contribution is 2.52. The number of phenols is 1. The Morgan fingerprint density at radius 1 is 1.00 bits per heavy atom. The van der Waals surface area contributed by atoms with Crippen LogP contribution in [0, 0.1) is 11.8 Å². The second-order valence-electron chi connectivity index (χ2n) is 9.96. The van der Waals surface area contributed by atoms with Gasteiger partial charge >= 0.3 is 0 Å². The fourth-order valence-corrected chi connectivity index (χ4v) is 6.55. The highest BCUT2D eigenvalue weighted by Gasteiger charge is 2.59. The van der Waals surface area contributed by atoms with E-state index in [-0.39, 0.29) is 35.5 Å². The summed E-state index contributed by atoms with van der Waals surface area (Å²) in [5, 5.41) is 43.4. The molecule has 3 atom stereocenters. The van der Waals surface area contributed by atoms with Gasteiger partial charge in [-0.25, -0.2) is 0 Å². The number of allylic oxidation sites excluding steroid dienone is 2. The molecule has 0 bridgehead atoms. The molecular formula is C26H28O7. The molecule has 0 aliphatic heterocycles. The number of carbonyl (C=O) groups is 3. The predicted octanol–water partition coefficient (Wildman–Crippen LogP) is 3.73. The van der Waals surface area contributed by atoms with Gasteiger partial charge in [0.15, 0.2) is 17.2 Å². The van der Waals surface area contributed by atoms with E-state index >= 15 is 0 Å². The molecule has 0 spiro atoms. The lowest BCUT2D eigenvalue weighted by Gasteiger charge is -2.46. The zero-order valence-corrected chi connectivity index (χ0v) is 18.6. The molecule has 0 amide bonds. The van der Waals surface area contributed by atoms with Gasteiger partial charge in [0.05, 0.1) is 5.56 Å². The molecule has 33 heavy (non-hydrogen) atoms. The molecule has 1 fully saturated rings. The number of hydrogen-bond acceptors (Lipinski definition) is 7. The highest BCUT2D eigenvalue weighted by molar-refractivity contribution is 6.25. The Hall–Kier alpha value is -2.93. The predicted molar refractivity (Wildman–Crippen MR) is 118 cm³/mol. The van der Waals surface area contributed by atoms with Gasteiger partial charge in [-0.05, 0) is 61.6 Å². The maximum absolute atomic E-state index is 13.6. The van der Waals surface area contributed by atoms with Crippen molar-refractivity contribution in [2.45, 2.75) is 69.8 Å². The lowest BCUT2D eigenvalue weighted by atomic mass is 9.59. The van der Waals surface area contributed by atoms with Crippen LogP contribution in [0.1, 0.15) is 79.3 Å². The molecule has 5 rings (SSSR count). The third-order valence-electron chi connectivity index (χ3n) is 8.13. The van der Waals surface area contributed by atoms with Gasteiger partial charge in [0, 0.05) is 17.9 Å². The van der Waals surface area contributed by atoms with Crippen LogP contribution < -0.4 is 0 Å². The van der Waals surface area contributed by atoms with Crippen molar-refractivity contribution in [3.05, 3.63) is 51.5 Å². The van der Waals surface area contributed by atoms with Gasteiger partial charge in [-0.3, -0.25) is 14.4 Å². The Morgan fingerprint density at radius 2 is 1.70 bits per heavy atom. The fraction of sp³-hybridized carbons (Fsp3) is 0.500. The molecule has 174 valence electrons. The monoisotopic (exact) mass is 452 g/mol. The molecule has 1 aromatic carbocycles. The average molecular weight is 453 g/mol. The lowest BCUT2D eigenvalue weighted by molar-refractivity contribution is -0.144. The Bertz CT molecular complexity index is 1150. The van der Waals surface area contributed by atoms with E-state index in [0.29, 0.717) is 12.3 Å². The second-order valence-corrected chi connectivity index (χ2v) is 9.96. The first-order valence-electron chi connectivity index (χ1n) is 11.7. The third-order valence-corrected chi connectivity index (χ3v) is 8.13. The van der Waals surface area contributed by atoms with Gasteiger partial charge in [-0.15, -0.1) is 0 Å². The summed E-state index contributed by atoms with van der Waals surface area (Å²) >= 11 is 0. The van der Waals surface area contributed by atoms with Crippen LogP contribution >= 0.6 is 0 Å². The Morgan fingerprint density at radius 3 is 2.36 bits per heavy atom. The van der Waals surface area contributed by atoms with Gasteiger partial charge < -0.3 is 20.4 Å². The van der Waals surface area contributed by atoms with Gasteiger partial charge in [0.1, 0.15) is 22.8 Å². The number of aliphatic hydroxyl groups is 3. The molecule has 0 heterocycles. The Kier molecular flexibility index (Phi) is 5.01. The first-order valence-corrected chi connectivity index (χ1v) is 11.7. The molecule has 1 aromatic rings. The molecule has 0 unspecified atom stereocenters. The minimum Gasteiger partial charge on any atom is -0.511 e. The van der Waals surface area contributed by atoms with Crippen molar-refractivity contribution in [3.63, 3.8) is 0 Å². The number of carbonyl (C=O) groups excluding carboxylic acids is 3. The van der Waals surface area contributed by atoms with Crippen LogP contribution in [0.5, 0.6) is 5.75 Å². The van der Waals surface area contributed by atoms with Crippen molar-refractivity contribution in [1.29, 1.82) is 0 Å². The molecule has 4 aliphatic rings. The van der Waals surface area contributed by atoms with Crippen LogP contribution in [0.2, 0.25) is 0 Å². The van der Waals surface area contributed by atoms with Gasteiger partial charge in [0.25, 0.3) is 0 Å². The van der Waals surface area contributed by atoms with E-state index in [0.717, 1.165) is 43.7 Å². The highest BCUT2D eigenvalue weighted by atomic mass is 16.3. The van der Waals surface area contributed by atoms with Crippen molar-refractivity contribution in [3.8, 4) is 5.75 Å². The number of fused-ring (bicyclic) bond motifs is 3. The number of aromatic hydroxyl groups is 1. The maximum Gasteiger partial charge on any atom is 0.209 e. The zero-order chi connectivity index (χ0) is 23.7. The average Bonchev–Trinajstić information content (AvgIpc) is 2.76. The van der Waals surface area contributed by atoms with Crippen LogP contribution in [0.25, 0.3) is 0 Å². The van der Waals surface area contributed by atoms with E-state index in [9.17, 15) is 34.8 Å². The van der Waals surface area contributed by atoms with Gasteiger partial charge in [-0.2, -0.15) is 0 Å². The molecule has 0 radical (unpaired) electrons. The molecule has 0 saturated heterocycles. The second kappa shape index (κ2) is 7.55. The summed E-state index contributed by atoms with van der Waals surface area (Å²) in [5.41, 5.74) is -1.09. The van der Waals surface area contributed by atoms with E-state index in [4.69, 9.17) is 0 Å². The van der Waals surface area contributed by atoms with Crippen molar-refractivity contribution in [1.82, 2.24) is 0 Å². The third kappa shape index (κ3) is 3.01. The van der Waals surface area contributed by atoms with Crippen molar-refractivity contribution in [2.75, 3.05) is 0 Å². The number of hydrogen-bond donors (Lipinski definition) is 4. The van der Waals surface area contributed by atoms with Crippen molar-refractivity contribution < 1.29 is 34.8 Å². The Balaban J connectivity index is 1.64. The van der Waals surface area contributed by atoms with E-state index in [1.165, 1.54) is 12.5 Å². The number of aliphatic hydroxyl groups excluding tert-OH is 2. The minimum absolute atomic E-state index is 0.0741. The number of benzene rings is 1. The van der Waals surface area contributed by atoms with Crippen LogP contribution in [-0.4, -0.2) is 43.4 Å². The zero-order valence-electron chi connectivity index (χ0n) is 18.6. The van der Waals surface area contributed by atoms with Crippen LogP contribution in [-0.2, 0) is 16.0 Å². The molecular weight excluding hydrogens is 424 g/mol. The van der Waals surface area contributed by atoms with E-state index in [1.54, 1.807) is 0 Å². The quantitative estimate of drug-likeness (QED) is 0.503. The SMILES string of the molecule is CC(=O)C1=C(O)C[C@@H]2C[C@@H]3Cc4c(C5CCCCC5)ccc(O)c4C(=O)C3=C(O)[C@]2(O)C1=O.